The lowest BCUT2D eigenvalue weighted by Gasteiger charge is -2.31. The second kappa shape index (κ2) is 7.81. The van der Waals surface area contributed by atoms with Gasteiger partial charge in [-0.25, -0.2) is 0 Å². The second-order valence-electron chi connectivity index (χ2n) is 7.35. The number of aromatic nitrogens is 1. The molecule has 0 atom stereocenters. The fourth-order valence-corrected chi connectivity index (χ4v) is 3.87. The molecule has 140 valence electrons. The van der Waals surface area contributed by atoms with Crippen molar-refractivity contribution in [1.82, 2.24) is 20.5 Å². The third-order valence-electron chi connectivity index (χ3n) is 5.27. The molecule has 6 nitrogen and oxygen atoms in total. The van der Waals surface area contributed by atoms with Crippen LogP contribution in [0.1, 0.15) is 31.4 Å². The highest BCUT2D eigenvalue weighted by Gasteiger charge is 2.42. The van der Waals surface area contributed by atoms with Gasteiger partial charge >= 0.3 is 0 Å². The van der Waals surface area contributed by atoms with E-state index in [1.807, 2.05) is 26.2 Å². The molecule has 1 aromatic heterocycles. The molecule has 1 heterocycles. The number of benzene rings is 1. The van der Waals surface area contributed by atoms with Crippen molar-refractivity contribution in [3.8, 4) is 0 Å². The number of carbonyl (C=O) groups excluding carboxylic acids is 1. The van der Waals surface area contributed by atoms with Gasteiger partial charge in [0.05, 0.1) is 12.0 Å². The number of nitrogens with one attached hydrogen (secondary N) is 3. The zero-order valence-corrected chi connectivity index (χ0v) is 15.9. The molecule has 1 fully saturated rings. The Morgan fingerprint density at radius 2 is 1.96 bits per heavy atom. The van der Waals surface area contributed by atoms with Crippen LogP contribution in [0.4, 0.5) is 0 Å². The number of amides is 1. The van der Waals surface area contributed by atoms with E-state index in [1.54, 1.807) is 11.9 Å². The molecule has 0 unspecified atom stereocenters. The van der Waals surface area contributed by atoms with E-state index >= 15 is 0 Å². The monoisotopic (exact) mass is 355 g/mol. The maximum absolute atomic E-state index is 12.7. The quantitative estimate of drug-likeness (QED) is 0.570. The molecule has 1 aliphatic carbocycles. The van der Waals surface area contributed by atoms with Crippen molar-refractivity contribution in [2.75, 3.05) is 27.7 Å². The summed E-state index contributed by atoms with van der Waals surface area (Å²) in [6.07, 6.45) is 4.11. The van der Waals surface area contributed by atoms with Crippen molar-refractivity contribution >= 4 is 22.8 Å². The smallest absolute Gasteiger partial charge is 0.230 e. The summed E-state index contributed by atoms with van der Waals surface area (Å²) in [5.41, 5.74) is 1.94. The maximum Gasteiger partial charge on any atom is 0.230 e. The molecular weight excluding hydrogens is 326 g/mol. The molecule has 2 aromatic rings. The molecule has 0 aliphatic heterocycles. The molecule has 6 heteroatoms. The summed E-state index contributed by atoms with van der Waals surface area (Å²) < 4.78 is 0. The van der Waals surface area contributed by atoms with Crippen LogP contribution in [0.15, 0.2) is 35.3 Å². The Morgan fingerprint density at radius 3 is 2.62 bits per heavy atom. The lowest BCUT2D eigenvalue weighted by Crippen LogP contribution is -2.49. The number of guanidine groups is 1. The van der Waals surface area contributed by atoms with Gasteiger partial charge in [-0.2, -0.15) is 0 Å². The van der Waals surface area contributed by atoms with Gasteiger partial charge in [-0.05, 0) is 30.4 Å². The van der Waals surface area contributed by atoms with Crippen LogP contribution in [-0.2, 0) is 11.3 Å². The second-order valence-corrected chi connectivity index (χ2v) is 7.35. The summed E-state index contributed by atoms with van der Waals surface area (Å²) in [5, 5.41) is 7.91. The zero-order valence-electron chi connectivity index (χ0n) is 15.9. The Bertz CT molecular complexity index is 753. The van der Waals surface area contributed by atoms with Gasteiger partial charge < -0.3 is 20.5 Å². The fourth-order valence-electron chi connectivity index (χ4n) is 3.87. The topological polar surface area (TPSA) is 72.5 Å². The van der Waals surface area contributed by atoms with E-state index in [2.05, 4.69) is 38.8 Å². The van der Waals surface area contributed by atoms with Crippen LogP contribution in [0.25, 0.3) is 10.9 Å². The Balaban J connectivity index is 1.59. The van der Waals surface area contributed by atoms with E-state index in [0.29, 0.717) is 13.1 Å². The number of para-hydroxylation sites is 1. The van der Waals surface area contributed by atoms with Crippen LogP contribution in [0.5, 0.6) is 0 Å². The molecule has 0 saturated heterocycles. The number of fused-ring (bicyclic) bond motifs is 1. The van der Waals surface area contributed by atoms with E-state index < -0.39 is 0 Å². The third kappa shape index (κ3) is 3.84. The molecule has 26 heavy (non-hydrogen) atoms. The Hall–Kier alpha value is -2.50. The van der Waals surface area contributed by atoms with E-state index in [4.69, 9.17) is 0 Å². The van der Waals surface area contributed by atoms with Crippen molar-refractivity contribution in [3.05, 3.63) is 36.0 Å². The largest absolute Gasteiger partial charge is 0.357 e. The summed E-state index contributed by atoms with van der Waals surface area (Å²) in [4.78, 5) is 22.1. The number of carbonyl (C=O) groups is 1. The zero-order chi connectivity index (χ0) is 18.6. The number of nitrogens with zero attached hydrogens (tertiary/aromatic N) is 2. The molecule has 1 aromatic carbocycles. The van der Waals surface area contributed by atoms with Crippen LogP contribution in [0, 0.1) is 5.41 Å². The highest BCUT2D eigenvalue weighted by Crippen LogP contribution is 2.38. The summed E-state index contributed by atoms with van der Waals surface area (Å²) in [5.74, 6) is 0.940. The van der Waals surface area contributed by atoms with Gasteiger partial charge in [-0.15, -0.1) is 0 Å². The van der Waals surface area contributed by atoms with Gasteiger partial charge in [0.1, 0.15) is 0 Å². The first-order valence-corrected chi connectivity index (χ1v) is 9.27. The van der Waals surface area contributed by atoms with Crippen LogP contribution >= 0.6 is 0 Å². The average molecular weight is 355 g/mol. The summed E-state index contributed by atoms with van der Waals surface area (Å²) in [6, 6.07) is 10.4. The number of H-pyrrole nitrogens is 1. The third-order valence-corrected chi connectivity index (χ3v) is 5.27. The Labute approximate surface area is 155 Å². The summed E-state index contributed by atoms with van der Waals surface area (Å²) in [7, 11) is 5.44. The number of hydrogen-bond donors (Lipinski definition) is 3. The highest BCUT2D eigenvalue weighted by molar-refractivity contribution is 5.85. The highest BCUT2D eigenvalue weighted by atomic mass is 16.2. The van der Waals surface area contributed by atoms with Gasteiger partial charge in [0.25, 0.3) is 0 Å². The van der Waals surface area contributed by atoms with E-state index in [1.165, 1.54) is 5.39 Å². The van der Waals surface area contributed by atoms with Crippen molar-refractivity contribution < 1.29 is 4.79 Å². The first kappa shape index (κ1) is 18.3. The number of rotatable bonds is 5. The SMILES string of the molecule is CN=C(NCc1cc2ccccc2[nH]1)NCC1(C(=O)N(C)C)CCCC1. The molecule has 0 radical (unpaired) electrons. The summed E-state index contributed by atoms with van der Waals surface area (Å²) in [6.45, 7) is 1.28. The minimum Gasteiger partial charge on any atom is -0.357 e. The van der Waals surface area contributed by atoms with Crippen molar-refractivity contribution in [1.29, 1.82) is 0 Å². The maximum atomic E-state index is 12.7. The lowest BCUT2D eigenvalue weighted by atomic mass is 9.84. The Kier molecular flexibility index (Phi) is 5.49. The summed E-state index contributed by atoms with van der Waals surface area (Å²) >= 11 is 0. The van der Waals surface area contributed by atoms with E-state index in [-0.39, 0.29) is 11.3 Å². The van der Waals surface area contributed by atoms with Crippen LogP contribution in [-0.4, -0.2) is 49.4 Å². The van der Waals surface area contributed by atoms with Gasteiger partial charge in [-0.3, -0.25) is 9.79 Å². The first-order chi connectivity index (χ1) is 12.5. The molecule has 3 rings (SSSR count). The van der Waals surface area contributed by atoms with Crippen molar-refractivity contribution in [3.63, 3.8) is 0 Å². The van der Waals surface area contributed by atoms with E-state index in [0.717, 1.165) is 42.9 Å². The van der Waals surface area contributed by atoms with Crippen molar-refractivity contribution in [2.45, 2.75) is 32.2 Å². The molecule has 1 saturated carbocycles. The van der Waals surface area contributed by atoms with Gasteiger partial charge in [0, 0.05) is 38.9 Å². The van der Waals surface area contributed by atoms with Crippen LogP contribution < -0.4 is 10.6 Å². The lowest BCUT2D eigenvalue weighted by molar-refractivity contribution is -0.138. The average Bonchev–Trinajstić information content (AvgIpc) is 3.28. The standard InChI is InChI=1S/C20H29N5O/c1-21-19(22-13-16-12-15-8-4-5-9-17(15)24-16)23-14-20(10-6-7-11-20)18(26)25(2)3/h4-5,8-9,12,24H,6-7,10-11,13-14H2,1-3H3,(H2,21,22,23). The molecule has 0 bridgehead atoms. The minimum atomic E-state index is -0.303. The predicted octanol–water partition coefficient (Wildman–Crippen LogP) is 2.48. The Morgan fingerprint density at radius 1 is 1.23 bits per heavy atom. The normalized spacial score (nSPS) is 16.7. The molecule has 1 aliphatic rings. The number of aromatic amines is 1. The predicted molar refractivity (Wildman–Crippen MR) is 106 cm³/mol. The minimum absolute atomic E-state index is 0.216. The molecule has 0 spiro atoms. The molecule has 3 N–H and O–H groups in total. The van der Waals surface area contributed by atoms with Crippen LogP contribution in [0.2, 0.25) is 0 Å². The number of hydrogen-bond acceptors (Lipinski definition) is 2. The molecular formula is C20H29N5O. The molecule has 1 amide bonds. The van der Waals surface area contributed by atoms with Gasteiger partial charge in [-0.1, -0.05) is 31.0 Å². The van der Waals surface area contributed by atoms with Gasteiger partial charge in [0.2, 0.25) is 5.91 Å². The number of aliphatic imine (C=N–C) groups is 1. The first-order valence-electron chi connectivity index (χ1n) is 9.27. The van der Waals surface area contributed by atoms with E-state index in [9.17, 15) is 4.79 Å². The fraction of sp³-hybridized carbons (Fsp3) is 0.500. The van der Waals surface area contributed by atoms with Gasteiger partial charge in [0.15, 0.2) is 5.96 Å². The van der Waals surface area contributed by atoms with Crippen LogP contribution in [0.3, 0.4) is 0 Å². The van der Waals surface area contributed by atoms with Crippen molar-refractivity contribution in [2.24, 2.45) is 10.4 Å².